The number of nitrogens with zero attached hydrogens (tertiary/aromatic N) is 1. The molecule has 3 fully saturated rings. The second kappa shape index (κ2) is 9.60. The molecule has 0 spiro atoms. The molecule has 2 bridgehead atoms. The minimum absolute atomic E-state index is 0.175. The lowest BCUT2D eigenvalue weighted by Crippen LogP contribution is -2.62. The molecule has 0 radical (unpaired) electrons. The Morgan fingerprint density at radius 3 is 2.03 bits per heavy atom. The van der Waals surface area contributed by atoms with Crippen LogP contribution in [0.25, 0.3) is 0 Å². The summed E-state index contributed by atoms with van der Waals surface area (Å²) in [5.74, 6) is 0. The van der Waals surface area contributed by atoms with Gasteiger partial charge in [0.2, 0.25) is 0 Å². The van der Waals surface area contributed by atoms with Crippen LogP contribution in [-0.2, 0) is 16.9 Å². The van der Waals surface area contributed by atoms with E-state index >= 15 is 0 Å². The smallest absolute Gasteiger partial charge is 0.120 e. The highest BCUT2D eigenvalue weighted by Gasteiger charge is 2.57. The van der Waals surface area contributed by atoms with Gasteiger partial charge in [0.1, 0.15) is 5.60 Å². The van der Waals surface area contributed by atoms with Gasteiger partial charge in [-0.25, -0.2) is 0 Å². The molecule has 3 heterocycles. The normalized spacial score (nSPS) is 24.7. The van der Waals surface area contributed by atoms with E-state index in [1.165, 1.54) is 0 Å². The lowest BCUT2D eigenvalue weighted by Gasteiger charge is -2.59. The van der Waals surface area contributed by atoms with Crippen molar-refractivity contribution in [2.45, 2.75) is 43.9 Å². The highest BCUT2D eigenvalue weighted by molar-refractivity contribution is 6.30. The minimum atomic E-state index is -0.996. The van der Waals surface area contributed by atoms with Crippen LogP contribution in [0, 0.1) is 5.41 Å². The van der Waals surface area contributed by atoms with Crippen molar-refractivity contribution in [2.75, 3.05) is 19.7 Å². The molecule has 33 heavy (non-hydrogen) atoms. The molecule has 3 nitrogen and oxygen atoms in total. The Morgan fingerprint density at radius 2 is 1.45 bits per heavy atom. The van der Waals surface area contributed by atoms with Gasteiger partial charge in [0.25, 0.3) is 0 Å². The summed E-state index contributed by atoms with van der Waals surface area (Å²) >= 11 is 5.98. The number of fused-ring (bicyclic) bond motifs is 3. The summed E-state index contributed by atoms with van der Waals surface area (Å²) in [6.45, 7) is 3.38. The summed E-state index contributed by atoms with van der Waals surface area (Å²) in [5, 5.41) is 13.3. The fourth-order valence-electron chi connectivity index (χ4n) is 6.02. The average Bonchev–Trinajstić information content (AvgIpc) is 2.89. The topological polar surface area (TPSA) is 32.7 Å². The average molecular weight is 462 g/mol. The van der Waals surface area contributed by atoms with E-state index in [-0.39, 0.29) is 5.41 Å². The Labute approximate surface area is 202 Å². The van der Waals surface area contributed by atoms with E-state index in [1.54, 1.807) is 0 Å². The van der Waals surface area contributed by atoms with Crippen molar-refractivity contribution in [1.29, 1.82) is 0 Å². The molecule has 3 aliphatic heterocycles. The first kappa shape index (κ1) is 22.6. The molecule has 6 rings (SSSR count). The molecule has 0 saturated carbocycles. The summed E-state index contributed by atoms with van der Waals surface area (Å²) in [6.07, 6.45) is 3.98. The van der Waals surface area contributed by atoms with E-state index in [9.17, 15) is 5.11 Å². The Balaban J connectivity index is 1.34. The molecule has 1 atom stereocenters. The van der Waals surface area contributed by atoms with Crippen LogP contribution in [0.2, 0.25) is 5.02 Å². The zero-order valence-electron chi connectivity index (χ0n) is 19.0. The minimum Gasteiger partial charge on any atom is -0.380 e. The van der Waals surface area contributed by atoms with Gasteiger partial charge < -0.3 is 14.7 Å². The monoisotopic (exact) mass is 461 g/mol. The summed E-state index contributed by atoms with van der Waals surface area (Å²) < 4.78 is 6.03. The number of hydrogen-bond acceptors (Lipinski definition) is 3. The molecule has 3 aromatic rings. The lowest BCUT2D eigenvalue weighted by atomic mass is 9.55. The van der Waals surface area contributed by atoms with Crippen molar-refractivity contribution >= 4 is 11.6 Å². The van der Waals surface area contributed by atoms with Crippen molar-refractivity contribution in [2.24, 2.45) is 5.41 Å². The predicted molar refractivity (Wildman–Crippen MR) is 133 cm³/mol. The number of piperidine rings is 3. The third-order valence-corrected chi connectivity index (χ3v) is 8.08. The van der Waals surface area contributed by atoms with Gasteiger partial charge in [-0.15, -0.1) is 0 Å². The third-order valence-electron chi connectivity index (χ3n) is 7.83. The Hall–Kier alpha value is -2.17. The molecular weight excluding hydrogens is 430 g/mol. The standard InChI is InChI=1S/C29H32ClNO2/c30-26-13-11-23(12-14-26)22-33-20-15-27-21-28(16-18-31(27)19-17-28)29(32,24-7-3-1-4-8-24)25-9-5-2-6-10-25/h1-14,27,32H,15-22H2. The highest BCUT2D eigenvalue weighted by Crippen LogP contribution is 2.57. The number of aliphatic hydroxyl groups is 1. The number of benzene rings is 3. The second-order valence-corrected chi connectivity index (χ2v) is 10.0. The SMILES string of the molecule is OC(c1ccccc1)(c1ccccc1)C12CCN(CC1)C(CCOCc1ccc(Cl)cc1)C2. The number of rotatable bonds is 8. The molecule has 0 aliphatic carbocycles. The van der Waals surface area contributed by atoms with Gasteiger partial charge in [0, 0.05) is 23.1 Å². The van der Waals surface area contributed by atoms with Crippen LogP contribution in [-0.4, -0.2) is 35.7 Å². The van der Waals surface area contributed by atoms with Gasteiger partial charge in [0.15, 0.2) is 0 Å². The van der Waals surface area contributed by atoms with E-state index in [0.29, 0.717) is 12.6 Å². The Morgan fingerprint density at radius 1 is 0.879 bits per heavy atom. The zero-order chi connectivity index (χ0) is 22.7. The number of ether oxygens (including phenoxy) is 1. The van der Waals surface area contributed by atoms with Crippen LogP contribution in [0.1, 0.15) is 42.4 Å². The first-order valence-corrected chi connectivity index (χ1v) is 12.4. The third kappa shape index (κ3) is 4.36. The molecule has 172 valence electrons. The second-order valence-electron chi connectivity index (χ2n) is 9.58. The van der Waals surface area contributed by atoms with Gasteiger partial charge in [0.05, 0.1) is 6.61 Å². The van der Waals surface area contributed by atoms with Gasteiger partial charge in [-0.3, -0.25) is 0 Å². The van der Waals surface area contributed by atoms with Gasteiger partial charge in [-0.1, -0.05) is 84.4 Å². The van der Waals surface area contributed by atoms with Crippen molar-refractivity contribution < 1.29 is 9.84 Å². The first-order chi connectivity index (χ1) is 16.1. The molecule has 3 aromatic carbocycles. The van der Waals surface area contributed by atoms with Crippen molar-refractivity contribution in [3.63, 3.8) is 0 Å². The van der Waals surface area contributed by atoms with E-state index in [0.717, 1.165) is 67.1 Å². The lowest BCUT2D eigenvalue weighted by molar-refractivity contribution is -0.146. The molecule has 0 aromatic heterocycles. The highest BCUT2D eigenvalue weighted by atomic mass is 35.5. The van der Waals surface area contributed by atoms with Crippen LogP contribution >= 0.6 is 11.6 Å². The van der Waals surface area contributed by atoms with Crippen molar-refractivity contribution in [3.05, 3.63) is 107 Å². The molecule has 4 heteroatoms. The Bertz CT molecular complexity index is 991. The largest absolute Gasteiger partial charge is 0.380 e. The fraction of sp³-hybridized carbons (Fsp3) is 0.379. The van der Waals surface area contributed by atoms with Crippen molar-refractivity contribution in [1.82, 2.24) is 4.90 Å². The molecule has 3 aliphatic rings. The summed E-state index contributed by atoms with van der Waals surface area (Å²) in [5.41, 5.74) is 1.98. The molecule has 1 N–H and O–H groups in total. The van der Waals surface area contributed by atoms with E-state index in [2.05, 4.69) is 29.2 Å². The van der Waals surface area contributed by atoms with Gasteiger partial charge in [-0.2, -0.15) is 0 Å². The predicted octanol–water partition coefficient (Wildman–Crippen LogP) is 6.04. The molecule has 1 unspecified atom stereocenters. The van der Waals surface area contributed by atoms with Gasteiger partial charge >= 0.3 is 0 Å². The van der Waals surface area contributed by atoms with Gasteiger partial charge in [-0.05, 0) is 67.6 Å². The van der Waals surface area contributed by atoms with Crippen LogP contribution in [0.4, 0.5) is 0 Å². The fourth-order valence-corrected chi connectivity index (χ4v) is 6.15. The first-order valence-electron chi connectivity index (χ1n) is 12.0. The van der Waals surface area contributed by atoms with Crippen LogP contribution in [0.5, 0.6) is 0 Å². The maximum Gasteiger partial charge on any atom is 0.120 e. The number of halogens is 1. The number of hydrogen-bond donors (Lipinski definition) is 1. The van der Waals surface area contributed by atoms with Crippen molar-refractivity contribution in [3.8, 4) is 0 Å². The quantitative estimate of drug-likeness (QED) is 0.415. The van der Waals surface area contributed by atoms with Crippen LogP contribution < -0.4 is 0 Å². The van der Waals surface area contributed by atoms with E-state index in [4.69, 9.17) is 16.3 Å². The van der Waals surface area contributed by atoms with E-state index < -0.39 is 5.60 Å². The van der Waals surface area contributed by atoms with Crippen LogP contribution in [0.3, 0.4) is 0 Å². The maximum atomic E-state index is 12.6. The summed E-state index contributed by atoms with van der Waals surface area (Å²) in [6, 6.07) is 28.9. The summed E-state index contributed by atoms with van der Waals surface area (Å²) in [7, 11) is 0. The molecule has 0 amide bonds. The maximum absolute atomic E-state index is 12.6. The Kier molecular flexibility index (Phi) is 6.58. The zero-order valence-corrected chi connectivity index (χ0v) is 19.8. The molecule has 3 saturated heterocycles. The van der Waals surface area contributed by atoms with Crippen LogP contribution in [0.15, 0.2) is 84.9 Å². The van der Waals surface area contributed by atoms with E-state index in [1.807, 2.05) is 60.7 Å². The summed E-state index contributed by atoms with van der Waals surface area (Å²) in [4.78, 5) is 2.60. The molecular formula is C29H32ClNO2.